The molecule has 0 unspecified atom stereocenters. The smallest absolute Gasteiger partial charge is 0.203 e. The summed E-state index contributed by atoms with van der Waals surface area (Å²) in [6, 6.07) is 8.27. The molecule has 0 fully saturated rings. The van der Waals surface area contributed by atoms with E-state index in [9.17, 15) is 4.39 Å². The minimum Gasteiger partial charge on any atom is -0.494 e. The number of aromatic nitrogens is 1. The molecular weight excluding hydrogens is 371 g/mol. The molecule has 2 N–H and O–H groups in total. The first-order chi connectivity index (χ1) is 13.0. The highest BCUT2D eigenvalue weighted by Gasteiger charge is 2.20. The van der Waals surface area contributed by atoms with Gasteiger partial charge in [0.15, 0.2) is 28.2 Å². The van der Waals surface area contributed by atoms with Gasteiger partial charge < -0.3 is 24.7 Å². The summed E-state index contributed by atoms with van der Waals surface area (Å²) in [4.78, 5) is 5.14. The molecule has 27 heavy (non-hydrogen) atoms. The molecule has 1 aromatic heterocycles. The number of halogens is 1. The maximum Gasteiger partial charge on any atom is 0.203 e. The second kappa shape index (κ2) is 7.71. The molecule has 3 rings (SSSR count). The van der Waals surface area contributed by atoms with Gasteiger partial charge in [-0.2, -0.15) is 0 Å². The fraction of sp³-hybridized carbons (Fsp3) is 0.211. The summed E-state index contributed by atoms with van der Waals surface area (Å²) in [6.45, 7) is 0. The number of nitrogen functional groups attached to an aromatic ring is 1. The SMILES string of the molecule is COc1ccc(-c2nc(N)sc2-c2cc(OC)c(OC)c(OC)c2)cc1F. The van der Waals surface area contributed by atoms with Gasteiger partial charge in [-0.3, -0.25) is 0 Å². The molecule has 0 saturated heterocycles. The normalized spacial score (nSPS) is 10.6. The average molecular weight is 390 g/mol. The molecule has 0 aliphatic carbocycles. The van der Waals surface area contributed by atoms with Crippen molar-refractivity contribution in [2.45, 2.75) is 0 Å². The zero-order valence-corrected chi connectivity index (χ0v) is 16.1. The van der Waals surface area contributed by atoms with Crippen LogP contribution in [0.15, 0.2) is 30.3 Å². The molecule has 142 valence electrons. The van der Waals surface area contributed by atoms with Crippen molar-refractivity contribution in [2.24, 2.45) is 0 Å². The predicted molar refractivity (Wildman–Crippen MR) is 104 cm³/mol. The average Bonchev–Trinajstić information content (AvgIpc) is 3.08. The molecule has 1 heterocycles. The maximum absolute atomic E-state index is 14.2. The van der Waals surface area contributed by atoms with Gasteiger partial charge in [0.2, 0.25) is 5.75 Å². The predicted octanol–water partition coefficient (Wildman–Crippen LogP) is 4.23. The first kappa shape index (κ1) is 18.8. The van der Waals surface area contributed by atoms with Crippen LogP contribution in [0.1, 0.15) is 0 Å². The Morgan fingerprint density at radius 3 is 2.00 bits per heavy atom. The van der Waals surface area contributed by atoms with Crippen molar-refractivity contribution in [1.29, 1.82) is 0 Å². The van der Waals surface area contributed by atoms with Crippen LogP contribution in [0.3, 0.4) is 0 Å². The van der Waals surface area contributed by atoms with Crippen molar-refractivity contribution in [3.05, 3.63) is 36.1 Å². The molecule has 0 saturated carbocycles. The van der Waals surface area contributed by atoms with E-state index >= 15 is 0 Å². The Morgan fingerprint density at radius 2 is 1.48 bits per heavy atom. The first-order valence-electron chi connectivity index (χ1n) is 7.93. The van der Waals surface area contributed by atoms with Crippen LogP contribution in [0.25, 0.3) is 21.7 Å². The van der Waals surface area contributed by atoms with E-state index in [-0.39, 0.29) is 5.75 Å². The van der Waals surface area contributed by atoms with Crippen molar-refractivity contribution >= 4 is 16.5 Å². The van der Waals surface area contributed by atoms with E-state index in [2.05, 4.69) is 4.98 Å². The molecule has 3 aromatic rings. The van der Waals surface area contributed by atoms with Gasteiger partial charge in [0.25, 0.3) is 0 Å². The van der Waals surface area contributed by atoms with E-state index in [0.29, 0.717) is 33.6 Å². The van der Waals surface area contributed by atoms with Gasteiger partial charge >= 0.3 is 0 Å². The molecule has 0 radical (unpaired) electrons. The second-order valence-electron chi connectivity index (χ2n) is 5.49. The molecule has 0 amide bonds. The van der Waals surface area contributed by atoms with E-state index in [1.807, 2.05) is 0 Å². The highest BCUT2D eigenvalue weighted by atomic mass is 32.1. The molecule has 0 atom stereocenters. The third-order valence-corrected chi connectivity index (χ3v) is 4.93. The highest BCUT2D eigenvalue weighted by Crippen LogP contribution is 2.45. The van der Waals surface area contributed by atoms with Crippen LogP contribution < -0.4 is 24.7 Å². The summed E-state index contributed by atoms with van der Waals surface area (Å²) >= 11 is 1.29. The number of methoxy groups -OCH3 is 4. The van der Waals surface area contributed by atoms with Crippen LogP contribution in [0.2, 0.25) is 0 Å². The van der Waals surface area contributed by atoms with Crippen LogP contribution in [0.5, 0.6) is 23.0 Å². The van der Waals surface area contributed by atoms with Crippen molar-refractivity contribution in [3.8, 4) is 44.7 Å². The van der Waals surface area contributed by atoms with E-state index in [4.69, 9.17) is 24.7 Å². The summed E-state index contributed by atoms with van der Waals surface area (Å²) in [5.41, 5.74) is 7.87. The number of nitrogens with zero attached hydrogens (tertiary/aromatic N) is 1. The second-order valence-corrected chi connectivity index (χ2v) is 6.52. The monoisotopic (exact) mass is 390 g/mol. The van der Waals surface area contributed by atoms with Crippen LogP contribution in [-0.4, -0.2) is 33.4 Å². The Balaban J connectivity index is 2.18. The van der Waals surface area contributed by atoms with Gasteiger partial charge in [0.1, 0.15) is 0 Å². The third kappa shape index (κ3) is 3.48. The lowest BCUT2D eigenvalue weighted by atomic mass is 10.1. The lowest BCUT2D eigenvalue weighted by molar-refractivity contribution is 0.324. The third-order valence-electron chi connectivity index (χ3n) is 4.00. The quantitative estimate of drug-likeness (QED) is 0.679. The summed E-state index contributed by atoms with van der Waals surface area (Å²) in [7, 11) is 6.04. The van der Waals surface area contributed by atoms with E-state index in [1.54, 1.807) is 38.5 Å². The number of rotatable bonds is 6. The standard InChI is InChI=1S/C19H19FN2O4S/c1-23-13-6-5-10(7-12(13)20)16-18(27-19(21)22-16)11-8-14(24-2)17(26-4)15(9-11)25-3/h5-9H,1-4H3,(H2,21,22). The topological polar surface area (TPSA) is 75.8 Å². The molecule has 0 spiro atoms. The van der Waals surface area contributed by atoms with Crippen LogP contribution in [0.4, 0.5) is 9.52 Å². The Bertz CT molecular complexity index is 949. The fourth-order valence-electron chi connectivity index (χ4n) is 2.75. The van der Waals surface area contributed by atoms with Gasteiger partial charge in [0.05, 0.1) is 39.0 Å². The molecule has 8 heteroatoms. The fourth-order valence-corrected chi connectivity index (χ4v) is 3.60. The largest absolute Gasteiger partial charge is 0.494 e. The highest BCUT2D eigenvalue weighted by molar-refractivity contribution is 7.19. The minimum atomic E-state index is -0.475. The van der Waals surface area contributed by atoms with Crippen molar-refractivity contribution in [3.63, 3.8) is 0 Å². The van der Waals surface area contributed by atoms with E-state index in [0.717, 1.165) is 10.4 Å². The van der Waals surface area contributed by atoms with Gasteiger partial charge in [0, 0.05) is 11.1 Å². The van der Waals surface area contributed by atoms with Crippen molar-refractivity contribution < 1.29 is 23.3 Å². The Morgan fingerprint density at radius 1 is 0.852 bits per heavy atom. The summed E-state index contributed by atoms with van der Waals surface area (Å²) in [5, 5.41) is 0.366. The summed E-state index contributed by atoms with van der Waals surface area (Å²) in [6.07, 6.45) is 0. The van der Waals surface area contributed by atoms with Gasteiger partial charge in [-0.15, -0.1) is 0 Å². The Labute approximate surface area is 160 Å². The summed E-state index contributed by atoms with van der Waals surface area (Å²) < 4.78 is 35.3. The Kier molecular flexibility index (Phi) is 5.36. The van der Waals surface area contributed by atoms with E-state index in [1.165, 1.54) is 31.6 Å². The zero-order valence-electron chi connectivity index (χ0n) is 15.3. The van der Waals surface area contributed by atoms with Gasteiger partial charge in [-0.05, 0) is 30.3 Å². The summed E-state index contributed by atoms with van der Waals surface area (Å²) in [5.74, 6) is 1.18. The molecule has 6 nitrogen and oxygen atoms in total. The zero-order chi connectivity index (χ0) is 19.6. The molecule has 0 aliphatic rings. The van der Waals surface area contributed by atoms with E-state index < -0.39 is 5.82 Å². The maximum atomic E-state index is 14.2. The van der Waals surface area contributed by atoms with Crippen molar-refractivity contribution in [2.75, 3.05) is 34.2 Å². The number of ether oxygens (including phenoxy) is 4. The Hall–Kier alpha value is -3.00. The van der Waals surface area contributed by atoms with Crippen LogP contribution in [-0.2, 0) is 0 Å². The molecule has 0 aliphatic heterocycles. The van der Waals surface area contributed by atoms with Gasteiger partial charge in [-0.25, -0.2) is 9.37 Å². The van der Waals surface area contributed by atoms with Crippen LogP contribution in [0, 0.1) is 5.82 Å². The number of thiazole rings is 1. The molecular formula is C19H19FN2O4S. The first-order valence-corrected chi connectivity index (χ1v) is 8.74. The lowest BCUT2D eigenvalue weighted by Gasteiger charge is -2.14. The number of benzene rings is 2. The molecule has 2 aromatic carbocycles. The number of anilines is 1. The lowest BCUT2D eigenvalue weighted by Crippen LogP contribution is -1.96. The number of nitrogens with two attached hydrogens (primary N) is 1. The minimum absolute atomic E-state index is 0.163. The van der Waals surface area contributed by atoms with Crippen LogP contribution >= 0.6 is 11.3 Å². The van der Waals surface area contributed by atoms with Crippen molar-refractivity contribution in [1.82, 2.24) is 4.98 Å². The van der Waals surface area contributed by atoms with Gasteiger partial charge in [-0.1, -0.05) is 11.3 Å². The number of hydrogen-bond donors (Lipinski definition) is 1. The number of hydrogen-bond acceptors (Lipinski definition) is 7. The molecule has 0 bridgehead atoms.